The molecule has 0 amide bonds. The second-order valence-corrected chi connectivity index (χ2v) is 6.46. The molecule has 3 rings (SSSR count). The number of aromatic carboxylic acids is 1. The van der Waals surface area contributed by atoms with E-state index in [0.717, 1.165) is 46.4 Å². The SMILES string of the molecule is CSc1ccc(O)c(C2=C(c3cccc(C(=O)O)c3)CCC2)c1. The summed E-state index contributed by atoms with van der Waals surface area (Å²) < 4.78 is 0. The van der Waals surface area contributed by atoms with Crippen molar-refractivity contribution in [1.29, 1.82) is 0 Å². The number of aromatic hydroxyl groups is 1. The smallest absolute Gasteiger partial charge is 0.335 e. The van der Waals surface area contributed by atoms with Gasteiger partial charge in [-0.3, -0.25) is 0 Å². The highest BCUT2D eigenvalue weighted by Gasteiger charge is 2.21. The molecule has 0 saturated carbocycles. The van der Waals surface area contributed by atoms with Crippen LogP contribution < -0.4 is 0 Å². The first kappa shape index (κ1) is 15.7. The molecule has 4 heteroatoms. The lowest BCUT2D eigenvalue weighted by atomic mass is 9.95. The van der Waals surface area contributed by atoms with Crippen LogP contribution in [0.15, 0.2) is 47.4 Å². The highest BCUT2D eigenvalue weighted by atomic mass is 32.2. The molecule has 3 nitrogen and oxygen atoms in total. The van der Waals surface area contributed by atoms with E-state index in [-0.39, 0.29) is 5.75 Å². The van der Waals surface area contributed by atoms with Crippen molar-refractivity contribution in [1.82, 2.24) is 0 Å². The number of carboxylic acids is 1. The molecule has 0 bridgehead atoms. The molecular formula is C19H18O3S. The van der Waals surface area contributed by atoms with Gasteiger partial charge >= 0.3 is 5.97 Å². The van der Waals surface area contributed by atoms with Crippen LogP contribution in [0.1, 0.15) is 40.7 Å². The van der Waals surface area contributed by atoms with E-state index in [1.54, 1.807) is 36.0 Å². The zero-order chi connectivity index (χ0) is 16.4. The van der Waals surface area contributed by atoms with Crippen molar-refractivity contribution >= 4 is 28.9 Å². The minimum absolute atomic E-state index is 0.284. The van der Waals surface area contributed by atoms with Crippen LogP contribution in [-0.2, 0) is 0 Å². The summed E-state index contributed by atoms with van der Waals surface area (Å²) in [6.07, 6.45) is 4.83. The molecule has 0 atom stereocenters. The molecule has 2 aromatic rings. The maximum absolute atomic E-state index is 11.2. The first-order chi connectivity index (χ1) is 11.1. The first-order valence-electron chi connectivity index (χ1n) is 7.53. The summed E-state index contributed by atoms with van der Waals surface area (Å²) in [6.45, 7) is 0. The molecule has 0 unspecified atom stereocenters. The fourth-order valence-electron chi connectivity index (χ4n) is 3.08. The molecule has 2 N–H and O–H groups in total. The van der Waals surface area contributed by atoms with Crippen LogP contribution in [0.2, 0.25) is 0 Å². The lowest BCUT2D eigenvalue weighted by Crippen LogP contribution is -1.97. The molecule has 0 aliphatic heterocycles. The summed E-state index contributed by atoms with van der Waals surface area (Å²) in [4.78, 5) is 12.3. The predicted molar refractivity (Wildman–Crippen MR) is 94.0 cm³/mol. The van der Waals surface area contributed by atoms with Crippen LogP contribution in [0.5, 0.6) is 5.75 Å². The number of hydrogen-bond acceptors (Lipinski definition) is 3. The average Bonchev–Trinajstić information content (AvgIpc) is 3.05. The summed E-state index contributed by atoms with van der Waals surface area (Å²) in [5, 5.41) is 19.4. The van der Waals surface area contributed by atoms with E-state index in [2.05, 4.69) is 0 Å². The lowest BCUT2D eigenvalue weighted by molar-refractivity contribution is 0.0697. The minimum atomic E-state index is -0.917. The maximum Gasteiger partial charge on any atom is 0.335 e. The second-order valence-electron chi connectivity index (χ2n) is 5.58. The number of allylic oxidation sites excluding steroid dienone is 2. The number of phenols is 1. The maximum atomic E-state index is 11.2. The number of rotatable bonds is 4. The van der Waals surface area contributed by atoms with Crippen LogP contribution in [0, 0.1) is 0 Å². The normalized spacial score (nSPS) is 14.3. The van der Waals surface area contributed by atoms with Gasteiger partial charge in [0.25, 0.3) is 0 Å². The Hall–Kier alpha value is -2.20. The second kappa shape index (κ2) is 6.50. The Labute approximate surface area is 139 Å². The van der Waals surface area contributed by atoms with Gasteiger partial charge in [0.05, 0.1) is 5.56 Å². The van der Waals surface area contributed by atoms with Gasteiger partial charge in [-0.1, -0.05) is 12.1 Å². The van der Waals surface area contributed by atoms with Gasteiger partial charge in [0.1, 0.15) is 5.75 Å². The van der Waals surface area contributed by atoms with Gasteiger partial charge in [-0.15, -0.1) is 11.8 Å². The number of phenolic OH excluding ortho intramolecular Hbond substituents is 1. The molecule has 0 fully saturated rings. The van der Waals surface area contributed by atoms with Crippen LogP contribution >= 0.6 is 11.8 Å². The van der Waals surface area contributed by atoms with Gasteiger partial charge in [-0.05, 0) is 72.6 Å². The zero-order valence-electron chi connectivity index (χ0n) is 12.9. The Morgan fingerprint density at radius 2 is 1.87 bits per heavy atom. The summed E-state index contributed by atoms with van der Waals surface area (Å²) >= 11 is 1.64. The third kappa shape index (κ3) is 3.13. The van der Waals surface area contributed by atoms with Gasteiger partial charge in [0.2, 0.25) is 0 Å². The Balaban J connectivity index is 2.12. The molecule has 0 saturated heterocycles. The molecule has 1 aliphatic carbocycles. The Kier molecular flexibility index (Phi) is 4.44. The van der Waals surface area contributed by atoms with Crippen LogP contribution in [0.3, 0.4) is 0 Å². The van der Waals surface area contributed by atoms with Crippen molar-refractivity contribution in [3.8, 4) is 5.75 Å². The number of thioether (sulfide) groups is 1. The molecule has 0 heterocycles. The number of benzene rings is 2. The third-order valence-electron chi connectivity index (χ3n) is 4.20. The molecule has 0 aromatic heterocycles. The van der Waals surface area contributed by atoms with Crippen LogP contribution in [0.4, 0.5) is 0 Å². The fourth-order valence-corrected chi connectivity index (χ4v) is 3.52. The van der Waals surface area contributed by atoms with E-state index in [4.69, 9.17) is 0 Å². The van der Waals surface area contributed by atoms with E-state index >= 15 is 0 Å². The monoisotopic (exact) mass is 326 g/mol. The third-order valence-corrected chi connectivity index (χ3v) is 4.93. The highest BCUT2D eigenvalue weighted by Crippen LogP contribution is 2.43. The van der Waals surface area contributed by atoms with Crippen LogP contribution in [-0.4, -0.2) is 22.4 Å². The topological polar surface area (TPSA) is 57.5 Å². The number of carboxylic acid groups (broad SMARTS) is 1. The van der Waals surface area contributed by atoms with Crippen molar-refractivity contribution < 1.29 is 15.0 Å². The van der Waals surface area contributed by atoms with Gasteiger partial charge in [-0.25, -0.2) is 4.79 Å². The summed E-state index contributed by atoms with van der Waals surface area (Å²) in [6, 6.07) is 12.7. The highest BCUT2D eigenvalue weighted by molar-refractivity contribution is 7.98. The Morgan fingerprint density at radius 1 is 1.09 bits per heavy atom. The number of hydrogen-bond donors (Lipinski definition) is 2. The molecule has 0 radical (unpaired) electrons. The van der Waals surface area contributed by atoms with Crippen molar-refractivity contribution in [2.24, 2.45) is 0 Å². The minimum Gasteiger partial charge on any atom is -0.507 e. The Bertz CT molecular complexity index is 793. The largest absolute Gasteiger partial charge is 0.507 e. The molecule has 2 aromatic carbocycles. The van der Waals surface area contributed by atoms with E-state index in [1.165, 1.54) is 0 Å². The van der Waals surface area contributed by atoms with Crippen molar-refractivity contribution in [2.75, 3.05) is 6.26 Å². The van der Waals surface area contributed by atoms with Gasteiger partial charge < -0.3 is 10.2 Å². The lowest BCUT2D eigenvalue weighted by Gasteiger charge is -2.12. The summed E-state index contributed by atoms with van der Waals surface area (Å²) in [5.41, 5.74) is 4.36. The molecule has 1 aliphatic rings. The molecule has 118 valence electrons. The van der Waals surface area contributed by atoms with Gasteiger partial charge in [0.15, 0.2) is 0 Å². The van der Waals surface area contributed by atoms with E-state index in [0.29, 0.717) is 5.56 Å². The number of carbonyl (C=O) groups is 1. The summed E-state index contributed by atoms with van der Waals surface area (Å²) in [7, 11) is 0. The van der Waals surface area contributed by atoms with Gasteiger partial charge in [-0.2, -0.15) is 0 Å². The fraction of sp³-hybridized carbons (Fsp3) is 0.211. The summed E-state index contributed by atoms with van der Waals surface area (Å²) in [5.74, 6) is -0.634. The standard InChI is InChI=1S/C19H18O3S/c1-23-14-8-9-18(20)17(11-14)16-7-3-6-15(16)12-4-2-5-13(10-12)19(21)22/h2,4-5,8-11,20H,3,6-7H2,1H3,(H,21,22). The average molecular weight is 326 g/mol. The quantitative estimate of drug-likeness (QED) is 0.784. The van der Waals surface area contributed by atoms with E-state index in [1.807, 2.05) is 24.5 Å². The Morgan fingerprint density at radius 3 is 2.61 bits per heavy atom. The van der Waals surface area contributed by atoms with Crippen molar-refractivity contribution in [3.63, 3.8) is 0 Å². The molecule has 23 heavy (non-hydrogen) atoms. The predicted octanol–water partition coefficient (Wildman–Crippen LogP) is 4.91. The van der Waals surface area contributed by atoms with E-state index < -0.39 is 5.97 Å². The first-order valence-corrected chi connectivity index (χ1v) is 8.75. The van der Waals surface area contributed by atoms with Crippen LogP contribution in [0.25, 0.3) is 11.1 Å². The van der Waals surface area contributed by atoms with E-state index in [9.17, 15) is 15.0 Å². The molecular weight excluding hydrogens is 308 g/mol. The molecule has 0 spiro atoms. The zero-order valence-corrected chi connectivity index (χ0v) is 13.7. The van der Waals surface area contributed by atoms with Crippen molar-refractivity contribution in [3.05, 3.63) is 59.2 Å². The van der Waals surface area contributed by atoms with Gasteiger partial charge in [0, 0.05) is 10.5 Å². The van der Waals surface area contributed by atoms with Crippen molar-refractivity contribution in [2.45, 2.75) is 24.2 Å².